The molecule has 0 bridgehead atoms. The minimum Gasteiger partial charge on any atom is -0.339 e. The van der Waals surface area contributed by atoms with E-state index >= 15 is 0 Å². The highest BCUT2D eigenvalue weighted by Crippen LogP contribution is 2.24. The van der Waals surface area contributed by atoms with Crippen LogP contribution < -0.4 is 5.69 Å². The van der Waals surface area contributed by atoms with E-state index in [-0.39, 0.29) is 11.7 Å². The van der Waals surface area contributed by atoms with E-state index in [2.05, 4.69) is 31.1 Å². The van der Waals surface area contributed by atoms with Gasteiger partial charge < -0.3 is 9.51 Å². The van der Waals surface area contributed by atoms with Gasteiger partial charge in [-0.1, -0.05) is 39.3 Å². The van der Waals surface area contributed by atoms with Crippen LogP contribution in [-0.4, -0.2) is 19.7 Å². The Kier molecular flexibility index (Phi) is 4.24. The molecule has 1 N–H and O–H groups in total. The van der Waals surface area contributed by atoms with Crippen LogP contribution in [0.4, 0.5) is 0 Å². The fourth-order valence-electron chi connectivity index (χ4n) is 3.03. The Morgan fingerprint density at radius 3 is 2.81 bits per heavy atom. The summed E-state index contributed by atoms with van der Waals surface area (Å²) < 4.78 is 8.14. The van der Waals surface area contributed by atoms with E-state index in [1.807, 2.05) is 56.3 Å². The molecule has 132 valence electrons. The molecule has 0 saturated carbocycles. The van der Waals surface area contributed by atoms with Gasteiger partial charge >= 0.3 is 5.69 Å². The number of halogens is 1. The molecule has 0 aliphatic rings. The van der Waals surface area contributed by atoms with Gasteiger partial charge in [0.25, 0.3) is 0 Å². The van der Waals surface area contributed by atoms with E-state index in [1.165, 1.54) is 0 Å². The number of hydrogen-bond donors (Lipinski definition) is 1. The second-order valence-corrected chi connectivity index (χ2v) is 7.26. The van der Waals surface area contributed by atoms with E-state index < -0.39 is 0 Å². The third kappa shape index (κ3) is 2.99. The summed E-state index contributed by atoms with van der Waals surface area (Å²) in [5, 5.41) is 4.08. The van der Waals surface area contributed by atoms with Gasteiger partial charge in [0.1, 0.15) is 0 Å². The molecule has 0 unspecified atom stereocenters. The van der Waals surface area contributed by atoms with E-state index in [1.54, 1.807) is 4.57 Å². The standard InChI is InChI=1S/C19H17BrN4O2/c1-11(2)24-16-8-7-13(9-15(16)21-19(24)25)18-22-17(26-23-18)10-12-5-3-4-6-14(12)20/h3-9,11H,10H2,1-2H3,(H,21,25). The van der Waals surface area contributed by atoms with E-state index in [9.17, 15) is 4.79 Å². The Labute approximate surface area is 158 Å². The van der Waals surface area contributed by atoms with Gasteiger partial charge in [0.15, 0.2) is 0 Å². The predicted molar refractivity (Wildman–Crippen MR) is 103 cm³/mol. The summed E-state index contributed by atoms with van der Waals surface area (Å²) in [5.41, 5.74) is 3.40. The summed E-state index contributed by atoms with van der Waals surface area (Å²) in [7, 11) is 0. The van der Waals surface area contributed by atoms with E-state index in [0.29, 0.717) is 18.1 Å². The van der Waals surface area contributed by atoms with Gasteiger partial charge in [-0.2, -0.15) is 4.98 Å². The number of nitrogens with zero attached hydrogens (tertiary/aromatic N) is 3. The molecule has 0 fully saturated rings. The number of imidazole rings is 1. The zero-order valence-electron chi connectivity index (χ0n) is 14.4. The lowest BCUT2D eigenvalue weighted by atomic mass is 10.1. The molecule has 0 aliphatic heterocycles. The Hall–Kier alpha value is -2.67. The summed E-state index contributed by atoms with van der Waals surface area (Å²) in [6.45, 7) is 3.96. The van der Waals surface area contributed by atoms with E-state index in [4.69, 9.17) is 4.52 Å². The Morgan fingerprint density at radius 2 is 2.04 bits per heavy atom. The van der Waals surface area contributed by atoms with Crippen molar-refractivity contribution in [3.05, 3.63) is 68.9 Å². The quantitative estimate of drug-likeness (QED) is 0.541. The van der Waals surface area contributed by atoms with Gasteiger partial charge in [-0.25, -0.2) is 4.79 Å². The first-order valence-corrected chi connectivity index (χ1v) is 9.13. The van der Waals surface area contributed by atoms with Crippen molar-refractivity contribution in [1.82, 2.24) is 19.7 Å². The van der Waals surface area contributed by atoms with Crippen LogP contribution in [0, 0.1) is 0 Å². The molecule has 2 heterocycles. The number of rotatable bonds is 4. The largest absolute Gasteiger partial charge is 0.339 e. The van der Waals surface area contributed by atoms with Crippen molar-refractivity contribution in [2.24, 2.45) is 0 Å². The third-order valence-electron chi connectivity index (χ3n) is 4.26. The lowest BCUT2D eigenvalue weighted by Gasteiger charge is -2.06. The zero-order valence-corrected chi connectivity index (χ0v) is 15.9. The van der Waals surface area contributed by atoms with Gasteiger partial charge in [-0.05, 0) is 43.7 Å². The van der Waals surface area contributed by atoms with Crippen LogP contribution in [-0.2, 0) is 6.42 Å². The molecule has 0 saturated heterocycles. The summed E-state index contributed by atoms with van der Waals surface area (Å²) >= 11 is 3.53. The highest BCUT2D eigenvalue weighted by atomic mass is 79.9. The van der Waals surface area contributed by atoms with Crippen LogP contribution >= 0.6 is 15.9 Å². The number of hydrogen-bond acceptors (Lipinski definition) is 4. The lowest BCUT2D eigenvalue weighted by molar-refractivity contribution is 0.385. The summed E-state index contributed by atoms with van der Waals surface area (Å²) in [5.74, 6) is 1.05. The lowest BCUT2D eigenvalue weighted by Crippen LogP contribution is -2.18. The average Bonchev–Trinajstić information content (AvgIpc) is 3.19. The molecule has 2 aromatic carbocycles. The normalized spacial score (nSPS) is 11.5. The Bertz CT molecular complexity index is 1140. The molecule has 26 heavy (non-hydrogen) atoms. The van der Waals surface area contributed by atoms with Crippen molar-refractivity contribution in [3.8, 4) is 11.4 Å². The van der Waals surface area contributed by atoms with Crippen molar-refractivity contribution in [3.63, 3.8) is 0 Å². The maximum Gasteiger partial charge on any atom is 0.326 e. The summed E-state index contributed by atoms with van der Waals surface area (Å²) in [6.07, 6.45) is 0.553. The zero-order chi connectivity index (χ0) is 18.3. The predicted octanol–water partition coefficient (Wildman–Crippen LogP) is 4.31. The minimum atomic E-state index is -0.116. The van der Waals surface area contributed by atoms with Crippen LogP contribution in [0.2, 0.25) is 0 Å². The van der Waals surface area contributed by atoms with Crippen molar-refractivity contribution in [1.29, 1.82) is 0 Å². The van der Waals surface area contributed by atoms with Crippen LogP contribution in [0.5, 0.6) is 0 Å². The van der Waals surface area contributed by atoms with E-state index in [0.717, 1.165) is 26.6 Å². The molecule has 0 spiro atoms. The highest BCUT2D eigenvalue weighted by Gasteiger charge is 2.14. The van der Waals surface area contributed by atoms with Crippen LogP contribution in [0.25, 0.3) is 22.4 Å². The summed E-state index contributed by atoms with van der Waals surface area (Å²) in [6, 6.07) is 13.7. The molecule has 2 aromatic heterocycles. The molecule has 0 radical (unpaired) electrons. The second-order valence-electron chi connectivity index (χ2n) is 6.41. The smallest absolute Gasteiger partial charge is 0.326 e. The van der Waals surface area contributed by atoms with Crippen molar-refractivity contribution in [2.75, 3.05) is 0 Å². The third-order valence-corrected chi connectivity index (χ3v) is 5.03. The van der Waals surface area contributed by atoms with Gasteiger partial charge in [0.05, 0.1) is 17.5 Å². The van der Waals surface area contributed by atoms with Gasteiger partial charge in [0.2, 0.25) is 11.7 Å². The fraction of sp³-hybridized carbons (Fsp3) is 0.211. The molecule has 4 aromatic rings. The minimum absolute atomic E-state index is 0.0863. The van der Waals surface area contributed by atoms with Gasteiger partial charge in [0, 0.05) is 16.1 Å². The maximum atomic E-state index is 12.1. The number of fused-ring (bicyclic) bond motifs is 1. The number of aromatic amines is 1. The number of H-pyrrole nitrogens is 1. The fourth-order valence-corrected chi connectivity index (χ4v) is 3.46. The number of aromatic nitrogens is 4. The molecule has 0 aliphatic carbocycles. The SMILES string of the molecule is CC(C)n1c(=O)[nH]c2cc(-c3noc(Cc4ccccc4Br)n3)ccc21. The second kappa shape index (κ2) is 6.57. The van der Waals surface area contributed by atoms with Crippen LogP contribution in [0.1, 0.15) is 31.3 Å². The average molecular weight is 413 g/mol. The first-order chi connectivity index (χ1) is 12.5. The molecular formula is C19H17BrN4O2. The first kappa shape index (κ1) is 16.8. The first-order valence-electron chi connectivity index (χ1n) is 8.33. The Balaban J connectivity index is 1.67. The number of nitrogens with one attached hydrogen (secondary N) is 1. The molecule has 0 atom stereocenters. The van der Waals surface area contributed by atoms with Crippen molar-refractivity contribution < 1.29 is 4.52 Å². The van der Waals surface area contributed by atoms with Crippen molar-refractivity contribution >= 4 is 27.0 Å². The van der Waals surface area contributed by atoms with Crippen molar-refractivity contribution in [2.45, 2.75) is 26.3 Å². The monoisotopic (exact) mass is 412 g/mol. The molecule has 0 amide bonds. The summed E-state index contributed by atoms with van der Waals surface area (Å²) in [4.78, 5) is 19.5. The van der Waals surface area contributed by atoms with Gasteiger partial charge in [-0.15, -0.1) is 0 Å². The molecular weight excluding hydrogens is 396 g/mol. The van der Waals surface area contributed by atoms with Gasteiger partial charge in [-0.3, -0.25) is 4.57 Å². The maximum absolute atomic E-state index is 12.1. The number of benzene rings is 2. The van der Waals surface area contributed by atoms with Crippen LogP contribution in [0.15, 0.2) is 56.3 Å². The Morgan fingerprint density at radius 1 is 1.23 bits per heavy atom. The molecule has 4 rings (SSSR count). The molecule has 7 heteroatoms. The molecule has 6 nitrogen and oxygen atoms in total. The van der Waals surface area contributed by atoms with Crippen LogP contribution in [0.3, 0.4) is 0 Å². The topological polar surface area (TPSA) is 76.7 Å². The highest BCUT2D eigenvalue weighted by molar-refractivity contribution is 9.10.